The first-order valence-corrected chi connectivity index (χ1v) is 9.75. The van der Waals surface area contributed by atoms with Gasteiger partial charge in [0, 0.05) is 30.6 Å². The van der Waals surface area contributed by atoms with Gasteiger partial charge in [0.2, 0.25) is 11.8 Å². The van der Waals surface area contributed by atoms with Gasteiger partial charge in [-0.05, 0) is 31.0 Å². The van der Waals surface area contributed by atoms with Gasteiger partial charge in [0.05, 0.1) is 26.0 Å². The van der Waals surface area contributed by atoms with Crippen LogP contribution in [0.3, 0.4) is 0 Å². The van der Waals surface area contributed by atoms with Crippen molar-refractivity contribution in [2.75, 3.05) is 37.5 Å². The number of amides is 2. The molecule has 0 aromatic heterocycles. The molecule has 2 amide bonds. The first-order valence-electron chi connectivity index (χ1n) is 9.75. The number of anilines is 2. The standard InChI is InChI=1S/C20H29N3O4.ClH/c1-26-18-8-7-15(22-19(24)12-16-13-27-10-9-21-16)11-17(18)23-20(25)14-5-3-2-4-6-14;/h7-8,11,14,16,21H,2-6,9-10,12-13H2,1H3,(H,22,24)(H,23,25);1H. The Bertz CT molecular complexity index is 659. The molecule has 1 heterocycles. The Kier molecular flexibility index (Phi) is 9.02. The van der Waals surface area contributed by atoms with E-state index in [2.05, 4.69) is 16.0 Å². The van der Waals surface area contributed by atoms with Crippen molar-refractivity contribution in [1.29, 1.82) is 0 Å². The number of carbonyl (C=O) groups excluding carboxylic acids is 2. The SMILES string of the molecule is COc1ccc(NC(=O)CC2COCCN2)cc1NC(=O)C1CCCCC1.Cl. The Morgan fingerprint density at radius 3 is 2.68 bits per heavy atom. The van der Waals surface area contributed by atoms with Crippen molar-refractivity contribution in [3.05, 3.63) is 18.2 Å². The smallest absolute Gasteiger partial charge is 0.227 e. The van der Waals surface area contributed by atoms with Gasteiger partial charge in [-0.15, -0.1) is 12.4 Å². The van der Waals surface area contributed by atoms with Crippen LogP contribution in [0.4, 0.5) is 11.4 Å². The molecule has 1 aromatic carbocycles. The Labute approximate surface area is 172 Å². The Balaban J connectivity index is 0.00000280. The summed E-state index contributed by atoms with van der Waals surface area (Å²) in [5.74, 6) is 0.575. The summed E-state index contributed by atoms with van der Waals surface area (Å²) in [5.41, 5.74) is 1.22. The second kappa shape index (κ2) is 11.2. The highest BCUT2D eigenvalue weighted by molar-refractivity contribution is 5.96. The lowest BCUT2D eigenvalue weighted by molar-refractivity contribution is -0.120. The van der Waals surface area contributed by atoms with Crippen molar-refractivity contribution >= 4 is 35.6 Å². The molecule has 1 aliphatic carbocycles. The highest BCUT2D eigenvalue weighted by atomic mass is 35.5. The molecule has 8 heteroatoms. The largest absolute Gasteiger partial charge is 0.495 e. The summed E-state index contributed by atoms with van der Waals surface area (Å²) in [4.78, 5) is 24.8. The fourth-order valence-electron chi connectivity index (χ4n) is 3.67. The van der Waals surface area contributed by atoms with E-state index in [9.17, 15) is 9.59 Å². The van der Waals surface area contributed by atoms with Crippen molar-refractivity contribution in [2.24, 2.45) is 5.92 Å². The molecular formula is C20H30ClN3O4. The lowest BCUT2D eigenvalue weighted by atomic mass is 9.88. The summed E-state index contributed by atoms with van der Waals surface area (Å²) in [6.07, 6.45) is 5.61. The second-order valence-corrected chi connectivity index (χ2v) is 7.22. The topological polar surface area (TPSA) is 88.7 Å². The Morgan fingerprint density at radius 1 is 1.21 bits per heavy atom. The molecule has 0 radical (unpaired) electrons. The average Bonchev–Trinajstić information content (AvgIpc) is 2.69. The van der Waals surface area contributed by atoms with Gasteiger partial charge in [-0.2, -0.15) is 0 Å². The molecule has 1 unspecified atom stereocenters. The van der Waals surface area contributed by atoms with E-state index in [0.717, 1.165) is 32.2 Å². The van der Waals surface area contributed by atoms with Crippen LogP contribution in [-0.4, -0.2) is 44.7 Å². The van der Waals surface area contributed by atoms with Crippen LogP contribution < -0.4 is 20.7 Å². The minimum absolute atomic E-state index is 0. The summed E-state index contributed by atoms with van der Waals surface area (Å²) in [5, 5.41) is 9.14. The number of halogens is 1. The minimum atomic E-state index is -0.0901. The fraction of sp³-hybridized carbons (Fsp3) is 0.600. The van der Waals surface area contributed by atoms with Crippen molar-refractivity contribution in [2.45, 2.75) is 44.6 Å². The van der Waals surface area contributed by atoms with Gasteiger partial charge in [-0.25, -0.2) is 0 Å². The lowest BCUT2D eigenvalue weighted by Gasteiger charge is -2.23. The number of morpholine rings is 1. The number of methoxy groups -OCH3 is 1. The van der Waals surface area contributed by atoms with Crippen LogP contribution in [0.2, 0.25) is 0 Å². The van der Waals surface area contributed by atoms with Crippen LogP contribution in [0.5, 0.6) is 5.75 Å². The first-order chi connectivity index (χ1) is 13.2. The third-order valence-electron chi connectivity index (χ3n) is 5.15. The van der Waals surface area contributed by atoms with Crippen LogP contribution in [0, 0.1) is 5.92 Å². The summed E-state index contributed by atoms with van der Waals surface area (Å²) in [7, 11) is 1.57. The summed E-state index contributed by atoms with van der Waals surface area (Å²) in [6.45, 7) is 1.98. The van der Waals surface area contributed by atoms with Crippen molar-refractivity contribution in [3.8, 4) is 5.75 Å². The van der Waals surface area contributed by atoms with E-state index in [4.69, 9.17) is 9.47 Å². The van der Waals surface area contributed by atoms with Crippen molar-refractivity contribution in [1.82, 2.24) is 5.32 Å². The number of rotatable bonds is 6. The van der Waals surface area contributed by atoms with Gasteiger partial charge in [0.15, 0.2) is 0 Å². The van der Waals surface area contributed by atoms with Gasteiger partial charge in [0.1, 0.15) is 5.75 Å². The highest BCUT2D eigenvalue weighted by Crippen LogP contribution is 2.30. The van der Waals surface area contributed by atoms with Gasteiger partial charge >= 0.3 is 0 Å². The molecule has 1 aromatic rings. The molecule has 0 spiro atoms. The normalized spacial score (nSPS) is 20.0. The molecule has 1 saturated heterocycles. The van der Waals surface area contributed by atoms with E-state index in [1.165, 1.54) is 6.42 Å². The van der Waals surface area contributed by atoms with E-state index < -0.39 is 0 Å². The van der Waals surface area contributed by atoms with Crippen molar-refractivity contribution in [3.63, 3.8) is 0 Å². The number of hydrogen-bond donors (Lipinski definition) is 3. The molecule has 1 atom stereocenters. The van der Waals surface area contributed by atoms with Crippen molar-refractivity contribution < 1.29 is 19.1 Å². The van der Waals surface area contributed by atoms with Crippen LogP contribution >= 0.6 is 12.4 Å². The van der Waals surface area contributed by atoms with Crippen LogP contribution in [0.25, 0.3) is 0 Å². The van der Waals surface area contributed by atoms with Crippen LogP contribution in [0.1, 0.15) is 38.5 Å². The number of carbonyl (C=O) groups is 2. The van der Waals surface area contributed by atoms with E-state index in [1.54, 1.807) is 25.3 Å². The van der Waals surface area contributed by atoms with E-state index in [1.807, 2.05) is 0 Å². The molecule has 1 saturated carbocycles. The maximum absolute atomic E-state index is 12.6. The van der Waals surface area contributed by atoms with Crippen LogP contribution in [-0.2, 0) is 14.3 Å². The second-order valence-electron chi connectivity index (χ2n) is 7.22. The monoisotopic (exact) mass is 411 g/mol. The number of benzene rings is 1. The molecule has 2 fully saturated rings. The third-order valence-corrected chi connectivity index (χ3v) is 5.15. The zero-order valence-corrected chi connectivity index (χ0v) is 17.1. The minimum Gasteiger partial charge on any atom is -0.495 e. The summed E-state index contributed by atoms with van der Waals surface area (Å²) < 4.78 is 10.7. The van der Waals surface area contributed by atoms with Gasteiger partial charge < -0.3 is 25.4 Å². The molecule has 0 bridgehead atoms. The maximum Gasteiger partial charge on any atom is 0.227 e. The summed E-state index contributed by atoms with van der Waals surface area (Å²) >= 11 is 0. The van der Waals surface area contributed by atoms with Gasteiger partial charge in [-0.3, -0.25) is 9.59 Å². The van der Waals surface area contributed by atoms with E-state index in [0.29, 0.717) is 36.8 Å². The molecular weight excluding hydrogens is 382 g/mol. The fourth-order valence-corrected chi connectivity index (χ4v) is 3.67. The third kappa shape index (κ3) is 6.36. The highest BCUT2D eigenvalue weighted by Gasteiger charge is 2.22. The number of nitrogens with one attached hydrogen (secondary N) is 3. The zero-order chi connectivity index (χ0) is 19.1. The maximum atomic E-state index is 12.6. The van der Waals surface area contributed by atoms with E-state index in [-0.39, 0.29) is 36.2 Å². The first kappa shape index (κ1) is 22.5. The quantitative estimate of drug-likeness (QED) is 0.669. The number of ether oxygens (including phenoxy) is 2. The number of hydrogen-bond acceptors (Lipinski definition) is 5. The van der Waals surface area contributed by atoms with Crippen LogP contribution in [0.15, 0.2) is 18.2 Å². The average molecular weight is 412 g/mol. The molecule has 28 heavy (non-hydrogen) atoms. The lowest BCUT2D eigenvalue weighted by Crippen LogP contribution is -2.43. The molecule has 1 aliphatic heterocycles. The predicted octanol–water partition coefficient (Wildman–Crippen LogP) is 2.95. The Morgan fingerprint density at radius 2 is 2.00 bits per heavy atom. The van der Waals surface area contributed by atoms with Gasteiger partial charge in [0.25, 0.3) is 0 Å². The molecule has 7 nitrogen and oxygen atoms in total. The van der Waals surface area contributed by atoms with E-state index >= 15 is 0 Å². The molecule has 3 N–H and O–H groups in total. The summed E-state index contributed by atoms with van der Waals surface area (Å²) in [6, 6.07) is 5.32. The zero-order valence-electron chi connectivity index (χ0n) is 16.3. The molecule has 3 rings (SSSR count). The Hall–Kier alpha value is -1.83. The predicted molar refractivity (Wildman–Crippen MR) is 111 cm³/mol. The van der Waals surface area contributed by atoms with Gasteiger partial charge in [-0.1, -0.05) is 19.3 Å². The molecule has 156 valence electrons. The molecule has 2 aliphatic rings.